The third kappa shape index (κ3) is 2.89. The molecular weight excluding hydrogens is 256 g/mol. The fraction of sp³-hybridized carbons (Fsp3) is 1.00. The molecule has 3 aliphatic heterocycles. The molecule has 0 aromatic carbocycles. The molecule has 0 aromatic rings. The summed E-state index contributed by atoms with van der Waals surface area (Å²) in [5, 5.41) is 11.1. The first-order valence-electron chi connectivity index (χ1n) is 8.21. The molecule has 3 fully saturated rings. The monoisotopic (exact) mass is 284 g/mol. The van der Waals surface area contributed by atoms with Gasteiger partial charge in [0.05, 0.1) is 17.3 Å². The van der Waals surface area contributed by atoms with Crippen LogP contribution in [-0.4, -0.2) is 48.8 Å². The van der Waals surface area contributed by atoms with Crippen LogP contribution in [0.3, 0.4) is 0 Å². The molecule has 0 bridgehead atoms. The fourth-order valence-corrected chi connectivity index (χ4v) is 4.17. The van der Waals surface area contributed by atoms with E-state index in [1.165, 1.54) is 0 Å². The minimum Gasteiger partial charge on any atom is -0.389 e. The van der Waals surface area contributed by atoms with Crippen molar-refractivity contribution in [3.05, 3.63) is 0 Å². The summed E-state index contributed by atoms with van der Waals surface area (Å²) in [6.07, 6.45) is 6.72. The maximum absolute atomic E-state index is 11.1. The number of rotatable bonds is 2. The standard InChI is InChI=1S/C16H28O4/c1-2-14-12-16(17,6-10-19-14)13-3-7-20-15(11-13)4-8-18-9-5-15/h13-14,17H,2-12H2,1H3. The summed E-state index contributed by atoms with van der Waals surface area (Å²) >= 11 is 0. The molecule has 0 saturated carbocycles. The van der Waals surface area contributed by atoms with E-state index in [0.717, 1.165) is 64.8 Å². The summed E-state index contributed by atoms with van der Waals surface area (Å²) in [7, 11) is 0. The molecule has 0 amide bonds. The third-order valence-corrected chi connectivity index (χ3v) is 5.58. The first-order valence-corrected chi connectivity index (χ1v) is 8.21. The minimum atomic E-state index is -0.548. The van der Waals surface area contributed by atoms with Gasteiger partial charge in [0.1, 0.15) is 0 Å². The number of hydrogen-bond acceptors (Lipinski definition) is 4. The van der Waals surface area contributed by atoms with Gasteiger partial charge in [-0.05, 0) is 44.4 Å². The number of aliphatic hydroxyl groups is 1. The molecule has 3 heterocycles. The SMILES string of the molecule is CCC1CC(O)(C2CCOC3(CCOCC3)C2)CCO1. The lowest BCUT2D eigenvalue weighted by molar-refractivity contribution is -0.197. The molecular formula is C16H28O4. The van der Waals surface area contributed by atoms with Gasteiger partial charge in [-0.25, -0.2) is 0 Å². The maximum Gasteiger partial charge on any atom is 0.0730 e. The quantitative estimate of drug-likeness (QED) is 0.845. The van der Waals surface area contributed by atoms with E-state index in [1.54, 1.807) is 0 Å². The van der Waals surface area contributed by atoms with E-state index in [9.17, 15) is 5.11 Å². The lowest BCUT2D eigenvalue weighted by Crippen LogP contribution is -2.53. The van der Waals surface area contributed by atoms with Crippen LogP contribution in [0.2, 0.25) is 0 Å². The van der Waals surface area contributed by atoms with Crippen LogP contribution in [0.5, 0.6) is 0 Å². The van der Waals surface area contributed by atoms with Crippen molar-refractivity contribution in [2.45, 2.75) is 69.2 Å². The normalized spacial score (nSPS) is 41.7. The van der Waals surface area contributed by atoms with E-state index in [4.69, 9.17) is 14.2 Å². The molecule has 116 valence electrons. The van der Waals surface area contributed by atoms with Gasteiger partial charge in [0.15, 0.2) is 0 Å². The van der Waals surface area contributed by atoms with Gasteiger partial charge in [0.2, 0.25) is 0 Å². The molecule has 0 aliphatic carbocycles. The number of ether oxygens (including phenoxy) is 3. The van der Waals surface area contributed by atoms with Crippen LogP contribution in [0.1, 0.15) is 51.9 Å². The van der Waals surface area contributed by atoms with Crippen molar-refractivity contribution in [1.29, 1.82) is 0 Å². The summed E-state index contributed by atoms with van der Waals surface area (Å²) in [5.74, 6) is 0.354. The lowest BCUT2D eigenvalue weighted by Gasteiger charge is -2.50. The van der Waals surface area contributed by atoms with Gasteiger partial charge in [0.25, 0.3) is 0 Å². The van der Waals surface area contributed by atoms with E-state index in [1.807, 2.05) is 0 Å². The first-order chi connectivity index (χ1) is 9.66. The van der Waals surface area contributed by atoms with Crippen LogP contribution >= 0.6 is 0 Å². The van der Waals surface area contributed by atoms with Gasteiger partial charge in [-0.15, -0.1) is 0 Å². The van der Waals surface area contributed by atoms with Gasteiger partial charge < -0.3 is 19.3 Å². The second-order valence-electron chi connectivity index (χ2n) is 6.79. The Labute approximate surface area is 121 Å². The molecule has 1 spiro atoms. The summed E-state index contributed by atoms with van der Waals surface area (Å²) in [4.78, 5) is 0. The zero-order valence-corrected chi connectivity index (χ0v) is 12.6. The molecule has 3 rings (SSSR count). The molecule has 20 heavy (non-hydrogen) atoms. The Morgan fingerprint density at radius 3 is 2.60 bits per heavy atom. The highest BCUT2D eigenvalue weighted by Gasteiger charge is 2.48. The Morgan fingerprint density at radius 1 is 1.05 bits per heavy atom. The van der Waals surface area contributed by atoms with E-state index in [0.29, 0.717) is 12.5 Å². The van der Waals surface area contributed by atoms with Crippen LogP contribution < -0.4 is 0 Å². The van der Waals surface area contributed by atoms with E-state index in [2.05, 4.69) is 6.92 Å². The molecule has 3 aliphatic rings. The van der Waals surface area contributed by atoms with Gasteiger partial charge >= 0.3 is 0 Å². The van der Waals surface area contributed by atoms with E-state index < -0.39 is 5.60 Å². The smallest absolute Gasteiger partial charge is 0.0730 e. The predicted molar refractivity (Wildman–Crippen MR) is 75.7 cm³/mol. The van der Waals surface area contributed by atoms with Crippen LogP contribution in [0.4, 0.5) is 0 Å². The van der Waals surface area contributed by atoms with Crippen molar-refractivity contribution in [1.82, 2.24) is 0 Å². The van der Waals surface area contributed by atoms with E-state index >= 15 is 0 Å². The van der Waals surface area contributed by atoms with Gasteiger partial charge in [-0.2, -0.15) is 0 Å². The van der Waals surface area contributed by atoms with Crippen molar-refractivity contribution in [2.75, 3.05) is 26.4 Å². The molecule has 3 unspecified atom stereocenters. The summed E-state index contributed by atoms with van der Waals surface area (Å²) in [6, 6.07) is 0. The average Bonchev–Trinajstić information content (AvgIpc) is 2.48. The lowest BCUT2D eigenvalue weighted by atomic mass is 9.69. The Balaban J connectivity index is 1.69. The Hall–Kier alpha value is -0.160. The van der Waals surface area contributed by atoms with Crippen LogP contribution in [0.15, 0.2) is 0 Å². The molecule has 4 heteroatoms. The summed E-state index contributed by atoms with van der Waals surface area (Å²) in [5.41, 5.74) is -0.578. The van der Waals surface area contributed by atoms with Crippen LogP contribution in [-0.2, 0) is 14.2 Å². The van der Waals surface area contributed by atoms with E-state index in [-0.39, 0.29) is 11.7 Å². The largest absolute Gasteiger partial charge is 0.389 e. The Bertz CT molecular complexity index is 321. The average molecular weight is 284 g/mol. The molecule has 0 aromatic heterocycles. The molecule has 1 N–H and O–H groups in total. The highest BCUT2D eigenvalue weighted by atomic mass is 16.5. The zero-order valence-electron chi connectivity index (χ0n) is 12.6. The maximum atomic E-state index is 11.1. The molecule has 0 radical (unpaired) electrons. The van der Waals surface area contributed by atoms with Crippen LogP contribution in [0, 0.1) is 5.92 Å². The second-order valence-corrected chi connectivity index (χ2v) is 6.79. The van der Waals surface area contributed by atoms with Crippen molar-refractivity contribution >= 4 is 0 Å². The Morgan fingerprint density at radius 2 is 1.85 bits per heavy atom. The molecule has 3 atom stereocenters. The van der Waals surface area contributed by atoms with Gasteiger partial charge in [0, 0.05) is 32.8 Å². The fourth-order valence-electron chi connectivity index (χ4n) is 4.17. The molecule has 3 saturated heterocycles. The van der Waals surface area contributed by atoms with Crippen molar-refractivity contribution in [2.24, 2.45) is 5.92 Å². The zero-order chi connectivity index (χ0) is 14.1. The van der Waals surface area contributed by atoms with Crippen molar-refractivity contribution in [3.63, 3.8) is 0 Å². The van der Waals surface area contributed by atoms with Crippen LogP contribution in [0.25, 0.3) is 0 Å². The number of hydrogen-bond donors (Lipinski definition) is 1. The highest BCUT2D eigenvalue weighted by Crippen LogP contribution is 2.45. The Kier molecular flexibility index (Phi) is 4.37. The van der Waals surface area contributed by atoms with Gasteiger partial charge in [-0.1, -0.05) is 6.92 Å². The van der Waals surface area contributed by atoms with Crippen molar-refractivity contribution in [3.8, 4) is 0 Å². The topological polar surface area (TPSA) is 47.9 Å². The second kappa shape index (κ2) is 5.91. The summed E-state index contributed by atoms with van der Waals surface area (Å²) < 4.78 is 17.3. The van der Waals surface area contributed by atoms with Gasteiger partial charge in [-0.3, -0.25) is 0 Å². The summed E-state index contributed by atoms with van der Waals surface area (Å²) in [6.45, 7) is 5.21. The first kappa shape index (κ1) is 14.8. The molecule has 4 nitrogen and oxygen atoms in total. The van der Waals surface area contributed by atoms with Crippen molar-refractivity contribution < 1.29 is 19.3 Å². The highest BCUT2D eigenvalue weighted by molar-refractivity contribution is 4.98. The third-order valence-electron chi connectivity index (χ3n) is 5.58. The predicted octanol–water partition coefficient (Wildman–Crippen LogP) is 2.28. The minimum absolute atomic E-state index is 0.0308.